The van der Waals surface area contributed by atoms with E-state index >= 15 is 0 Å². The topological polar surface area (TPSA) is 75.2 Å². The van der Waals surface area contributed by atoms with E-state index in [1.54, 1.807) is 31.6 Å². The van der Waals surface area contributed by atoms with Crippen LogP contribution in [-0.2, 0) is 4.79 Å². The summed E-state index contributed by atoms with van der Waals surface area (Å²) in [6.07, 6.45) is 6.71. The SMILES string of the molecule is CN(C(=O)c1ccnc(NC(=O)C2CC2)c1)c1cncc(-c2ccc(Cl)cc2)c1. The predicted octanol–water partition coefficient (Wildman–Crippen LogP) is 4.42. The number of hydrogen-bond acceptors (Lipinski definition) is 4. The Morgan fingerprint density at radius 3 is 2.55 bits per heavy atom. The number of nitrogens with zero attached hydrogens (tertiary/aromatic N) is 3. The number of aromatic nitrogens is 2. The molecule has 0 radical (unpaired) electrons. The van der Waals surface area contributed by atoms with E-state index in [0.29, 0.717) is 22.1 Å². The number of amides is 2. The Kier molecular flexibility index (Phi) is 5.27. The third kappa shape index (κ3) is 4.43. The number of carbonyl (C=O) groups excluding carboxylic acids is 2. The van der Waals surface area contributed by atoms with Crippen molar-refractivity contribution in [3.8, 4) is 11.1 Å². The van der Waals surface area contributed by atoms with Crippen LogP contribution in [0.3, 0.4) is 0 Å². The Hall–Kier alpha value is -3.25. The van der Waals surface area contributed by atoms with Gasteiger partial charge in [0.2, 0.25) is 5.91 Å². The average Bonchev–Trinajstić information content (AvgIpc) is 3.59. The number of halogens is 1. The van der Waals surface area contributed by atoms with Crippen molar-refractivity contribution in [3.63, 3.8) is 0 Å². The molecule has 0 atom stereocenters. The molecule has 1 aromatic carbocycles. The number of carbonyl (C=O) groups is 2. The van der Waals surface area contributed by atoms with E-state index in [0.717, 1.165) is 24.0 Å². The summed E-state index contributed by atoms with van der Waals surface area (Å²) in [7, 11) is 1.69. The summed E-state index contributed by atoms with van der Waals surface area (Å²) in [4.78, 5) is 34.8. The first kappa shape index (κ1) is 19.1. The molecule has 0 unspecified atom stereocenters. The van der Waals surface area contributed by atoms with E-state index in [9.17, 15) is 9.59 Å². The van der Waals surface area contributed by atoms with Gasteiger partial charge in [-0.15, -0.1) is 0 Å². The van der Waals surface area contributed by atoms with E-state index in [1.165, 1.54) is 11.1 Å². The fraction of sp³-hybridized carbons (Fsp3) is 0.182. The molecule has 2 aromatic heterocycles. The van der Waals surface area contributed by atoms with Crippen LogP contribution < -0.4 is 10.2 Å². The van der Waals surface area contributed by atoms with Gasteiger partial charge in [-0.3, -0.25) is 14.6 Å². The van der Waals surface area contributed by atoms with Crippen molar-refractivity contribution in [2.24, 2.45) is 5.92 Å². The fourth-order valence-corrected chi connectivity index (χ4v) is 3.05. The second kappa shape index (κ2) is 8.01. The molecule has 1 N–H and O–H groups in total. The zero-order valence-corrected chi connectivity index (χ0v) is 16.6. The molecule has 1 aliphatic carbocycles. The number of pyridine rings is 2. The van der Waals surface area contributed by atoms with E-state index in [2.05, 4.69) is 15.3 Å². The van der Waals surface area contributed by atoms with Crippen molar-refractivity contribution < 1.29 is 9.59 Å². The van der Waals surface area contributed by atoms with Crippen LogP contribution >= 0.6 is 11.6 Å². The van der Waals surface area contributed by atoms with Gasteiger partial charge in [0.15, 0.2) is 0 Å². The van der Waals surface area contributed by atoms with Crippen LogP contribution in [0.15, 0.2) is 61.1 Å². The Bertz CT molecular complexity index is 1060. The smallest absolute Gasteiger partial charge is 0.258 e. The van der Waals surface area contributed by atoms with Crippen molar-refractivity contribution in [2.75, 3.05) is 17.3 Å². The molecular formula is C22H19ClN4O2. The highest BCUT2D eigenvalue weighted by molar-refractivity contribution is 6.30. The summed E-state index contributed by atoms with van der Waals surface area (Å²) in [6.45, 7) is 0. The van der Waals surface area contributed by atoms with Gasteiger partial charge in [0, 0.05) is 41.5 Å². The standard InChI is InChI=1S/C22H19ClN4O2/c1-27(19-10-17(12-24-13-19)14-4-6-18(23)7-5-14)22(29)16-8-9-25-20(11-16)26-21(28)15-2-3-15/h4-13,15H,2-3H2,1H3,(H,25,26,28). The first-order chi connectivity index (χ1) is 14.0. The summed E-state index contributed by atoms with van der Waals surface area (Å²) < 4.78 is 0. The second-order valence-electron chi connectivity index (χ2n) is 7.00. The molecule has 1 saturated carbocycles. The Labute approximate surface area is 173 Å². The third-order valence-electron chi connectivity index (χ3n) is 4.80. The van der Waals surface area contributed by atoms with E-state index < -0.39 is 0 Å². The lowest BCUT2D eigenvalue weighted by Crippen LogP contribution is -2.26. The van der Waals surface area contributed by atoms with Crippen LogP contribution in [0, 0.1) is 5.92 Å². The normalized spacial score (nSPS) is 13.0. The highest BCUT2D eigenvalue weighted by atomic mass is 35.5. The van der Waals surface area contributed by atoms with E-state index in [1.807, 2.05) is 30.3 Å². The zero-order valence-electron chi connectivity index (χ0n) is 15.8. The molecule has 7 heteroatoms. The zero-order chi connectivity index (χ0) is 20.4. The van der Waals surface area contributed by atoms with E-state index in [-0.39, 0.29) is 17.7 Å². The highest BCUT2D eigenvalue weighted by Crippen LogP contribution is 2.30. The Morgan fingerprint density at radius 2 is 1.83 bits per heavy atom. The van der Waals surface area contributed by atoms with Crippen molar-refractivity contribution in [1.82, 2.24) is 9.97 Å². The maximum absolute atomic E-state index is 13.0. The lowest BCUT2D eigenvalue weighted by atomic mass is 10.1. The minimum atomic E-state index is -0.218. The molecule has 0 aliphatic heterocycles. The minimum Gasteiger partial charge on any atom is -0.310 e. The number of hydrogen-bond donors (Lipinski definition) is 1. The van der Waals surface area contributed by atoms with Crippen LogP contribution in [0.4, 0.5) is 11.5 Å². The van der Waals surface area contributed by atoms with Crippen LogP contribution in [0.1, 0.15) is 23.2 Å². The fourth-order valence-electron chi connectivity index (χ4n) is 2.93. The molecule has 1 aliphatic rings. The second-order valence-corrected chi connectivity index (χ2v) is 7.43. The molecule has 2 heterocycles. The molecule has 4 rings (SSSR count). The number of nitrogens with one attached hydrogen (secondary N) is 1. The number of rotatable bonds is 5. The first-order valence-corrected chi connectivity index (χ1v) is 9.65. The van der Waals surface area contributed by atoms with Crippen molar-refractivity contribution >= 4 is 34.9 Å². The van der Waals surface area contributed by atoms with Gasteiger partial charge in [0.25, 0.3) is 5.91 Å². The maximum atomic E-state index is 13.0. The van der Waals surface area contributed by atoms with Crippen LogP contribution in [0.25, 0.3) is 11.1 Å². The largest absolute Gasteiger partial charge is 0.310 e. The average molecular weight is 407 g/mol. The summed E-state index contributed by atoms with van der Waals surface area (Å²) in [5, 5.41) is 3.43. The van der Waals surface area contributed by atoms with Crippen molar-refractivity contribution in [3.05, 3.63) is 71.6 Å². The lowest BCUT2D eigenvalue weighted by molar-refractivity contribution is -0.117. The summed E-state index contributed by atoms with van der Waals surface area (Å²) in [5.74, 6) is 0.189. The van der Waals surface area contributed by atoms with Crippen LogP contribution in [0.5, 0.6) is 0 Å². The van der Waals surface area contributed by atoms with Gasteiger partial charge in [0.1, 0.15) is 5.82 Å². The van der Waals surface area contributed by atoms with Gasteiger partial charge in [-0.05, 0) is 48.7 Å². The quantitative estimate of drug-likeness (QED) is 0.680. The van der Waals surface area contributed by atoms with E-state index in [4.69, 9.17) is 11.6 Å². The van der Waals surface area contributed by atoms with Crippen LogP contribution in [0.2, 0.25) is 5.02 Å². The maximum Gasteiger partial charge on any atom is 0.258 e. The molecule has 0 saturated heterocycles. The highest BCUT2D eigenvalue weighted by Gasteiger charge is 2.30. The molecule has 29 heavy (non-hydrogen) atoms. The summed E-state index contributed by atoms with van der Waals surface area (Å²) in [5.41, 5.74) is 2.93. The molecule has 146 valence electrons. The minimum absolute atomic E-state index is 0.0460. The van der Waals surface area contributed by atoms with Gasteiger partial charge >= 0.3 is 0 Å². The van der Waals surface area contributed by atoms with Gasteiger partial charge in [-0.25, -0.2) is 4.98 Å². The monoisotopic (exact) mass is 406 g/mol. The van der Waals surface area contributed by atoms with Crippen LogP contribution in [-0.4, -0.2) is 28.8 Å². The molecule has 6 nitrogen and oxygen atoms in total. The molecule has 2 amide bonds. The number of benzene rings is 1. The number of anilines is 2. The van der Waals surface area contributed by atoms with Crippen molar-refractivity contribution in [2.45, 2.75) is 12.8 Å². The summed E-state index contributed by atoms with van der Waals surface area (Å²) >= 11 is 5.96. The Morgan fingerprint density at radius 1 is 1.07 bits per heavy atom. The molecular weight excluding hydrogens is 388 g/mol. The third-order valence-corrected chi connectivity index (χ3v) is 5.05. The molecule has 3 aromatic rings. The Balaban J connectivity index is 1.54. The molecule has 0 spiro atoms. The first-order valence-electron chi connectivity index (χ1n) is 9.27. The molecule has 0 bridgehead atoms. The van der Waals surface area contributed by atoms with Gasteiger partial charge in [0.05, 0.1) is 11.9 Å². The molecule has 1 fully saturated rings. The lowest BCUT2D eigenvalue weighted by Gasteiger charge is -2.18. The van der Waals surface area contributed by atoms with Gasteiger partial charge in [-0.2, -0.15) is 0 Å². The van der Waals surface area contributed by atoms with Gasteiger partial charge in [-0.1, -0.05) is 23.7 Å². The van der Waals surface area contributed by atoms with Crippen molar-refractivity contribution in [1.29, 1.82) is 0 Å². The van der Waals surface area contributed by atoms with Gasteiger partial charge < -0.3 is 10.2 Å². The predicted molar refractivity (Wildman–Crippen MR) is 113 cm³/mol. The summed E-state index contributed by atoms with van der Waals surface area (Å²) in [6, 6.07) is 12.5.